The van der Waals surface area contributed by atoms with Gasteiger partial charge in [-0.05, 0) is 70.3 Å². The topological polar surface area (TPSA) is 6.48 Å². The fourth-order valence-electron chi connectivity index (χ4n) is 4.40. The van der Waals surface area contributed by atoms with Gasteiger partial charge in [-0.25, -0.2) is 4.39 Å². The highest BCUT2D eigenvalue weighted by Gasteiger charge is 2.43. The number of hydrogen-bond acceptors (Lipinski definition) is 2. The lowest BCUT2D eigenvalue weighted by atomic mass is 10.0. The van der Waals surface area contributed by atoms with Crippen LogP contribution in [0.1, 0.15) is 31.2 Å². The molecule has 1 aromatic carbocycles. The van der Waals surface area contributed by atoms with Crippen molar-refractivity contribution in [2.75, 3.05) is 21.1 Å². The van der Waals surface area contributed by atoms with Crippen LogP contribution >= 0.6 is 11.6 Å². The van der Waals surface area contributed by atoms with Crippen molar-refractivity contribution < 1.29 is 4.39 Å². The van der Waals surface area contributed by atoms with E-state index < -0.39 is 0 Å². The minimum absolute atomic E-state index is 0.278. The molecule has 0 radical (unpaired) electrons. The van der Waals surface area contributed by atoms with E-state index in [2.05, 4.69) is 30.9 Å². The third-order valence-electron chi connectivity index (χ3n) is 5.77. The Balaban J connectivity index is 1.59. The molecule has 0 aromatic heterocycles. The molecule has 2 nitrogen and oxygen atoms in total. The van der Waals surface area contributed by atoms with Gasteiger partial charge in [-0.1, -0.05) is 23.7 Å². The van der Waals surface area contributed by atoms with Crippen LogP contribution in [0.25, 0.3) is 0 Å². The molecule has 2 aliphatic carbocycles. The first-order chi connectivity index (χ1) is 10.5. The molecule has 122 valence electrons. The quantitative estimate of drug-likeness (QED) is 0.825. The average molecular weight is 325 g/mol. The molecule has 4 atom stereocenters. The Hall–Kier alpha value is -0.640. The zero-order valence-electron chi connectivity index (χ0n) is 13.7. The largest absolute Gasteiger partial charge is 0.306 e. The summed E-state index contributed by atoms with van der Waals surface area (Å²) in [5.41, 5.74) is 0.896. The number of nitrogens with zero attached hydrogens (tertiary/aromatic N) is 2. The van der Waals surface area contributed by atoms with Crippen LogP contribution in [0.2, 0.25) is 5.02 Å². The molecule has 4 heteroatoms. The number of hydrogen-bond donors (Lipinski definition) is 0. The van der Waals surface area contributed by atoms with Crippen LogP contribution in [0, 0.1) is 17.7 Å². The highest BCUT2D eigenvalue weighted by molar-refractivity contribution is 6.31. The molecule has 0 saturated heterocycles. The summed E-state index contributed by atoms with van der Waals surface area (Å²) in [6.07, 6.45) is 5.22. The van der Waals surface area contributed by atoms with E-state index in [-0.39, 0.29) is 10.8 Å². The van der Waals surface area contributed by atoms with E-state index in [1.165, 1.54) is 31.7 Å². The molecule has 0 aliphatic heterocycles. The Labute approximate surface area is 138 Å². The average Bonchev–Trinajstić information content (AvgIpc) is 3.02. The van der Waals surface area contributed by atoms with Crippen molar-refractivity contribution in [1.29, 1.82) is 0 Å². The zero-order chi connectivity index (χ0) is 15.9. The fraction of sp³-hybridized carbons (Fsp3) is 0.667. The van der Waals surface area contributed by atoms with E-state index in [1.807, 2.05) is 6.07 Å². The molecule has 0 bridgehead atoms. The van der Waals surface area contributed by atoms with Crippen LogP contribution in [0.5, 0.6) is 0 Å². The van der Waals surface area contributed by atoms with E-state index in [1.54, 1.807) is 6.07 Å². The summed E-state index contributed by atoms with van der Waals surface area (Å²) in [5, 5.41) is 0.278. The van der Waals surface area contributed by atoms with Crippen molar-refractivity contribution in [3.8, 4) is 0 Å². The van der Waals surface area contributed by atoms with Crippen LogP contribution in [-0.4, -0.2) is 43.0 Å². The molecular weight excluding hydrogens is 299 g/mol. The van der Waals surface area contributed by atoms with Crippen molar-refractivity contribution in [2.24, 2.45) is 11.8 Å². The Morgan fingerprint density at radius 1 is 1.05 bits per heavy atom. The Morgan fingerprint density at radius 2 is 1.64 bits per heavy atom. The highest BCUT2D eigenvalue weighted by Crippen LogP contribution is 2.46. The Bertz CT molecular complexity index is 520. The number of benzene rings is 1. The molecule has 0 N–H and O–H groups in total. The van der Waals surface area contributed by atoms with Gasteiger partial charge in [0.2, 0.25) is 0 Å². The fourth-order valence-corrected chi connectivity index (χ4v) is 4.59. The summed E-state index contributed by atoms with van der Waals surface area (Å²) in [6.45, 7) is 0.734. The van der Waals surface area contributed by atoms with Gasteiger partial charge >= 0.3 is 0 Å². The lowest BCUT2D eigenvalue weighted by molar-refractivity contribution is 0.212. The number of rotatable bonds is 4. The second-order valence-corrected chi connectivity index (χ2v) is 7.74. The summed E-state index contributed by atoms with van der Waals surface area (Å²) in [6, 6.07) is 6.47. The summed E-state index contributed by atoms with van der Waals surface area (Å²) in [4.78, 5) is 4.74. The summed E-state index contributed by atoms with van der Waals surface area (Å²) >= 11 is 6.09. The monoisotopic (exact) mass is 324 g/mol. The second kappa shape index (κ2) is 6.46. The van der Waals surface area contributed by atoms with E-state index in [4.69, 9.17) is 11.6 Å². The first-order valence-electron chi connectivity index (χ1n) is 8.25. The number of fused-ring (bicyclic) bond motifs is 1. The molecule has 0 amide bonds. The lowest BCUT2D eigenvalue weighted by Gasteiger charge is -2.27. The molecule has 0 heterocycles. The van der Waals surface area contributed by atoms with Gasteiger partial charge in [-0.15, -0.1) is 0 Å². The molecule has 2 aliphatic rings. The molecule has 22 heavy (non-hydrogen) atoms. The normalized spacial score (nSPS) is 31.2. The van der Waals surface area contributed by atoms with Gasteiger partial charge in [0, 0.05) is 18.6 Å². The molecule has 3 rings (SSSR count). The van der Waals surface area contributed by atoms with Crippen molar-refractivity contribution >= 4 is 11.6 Å². The maximum Gasteiger partial charge on any atom is 0.142 e. The summed E-state index contributed by atoms with van der Waals surface area (Å²) in [7, 11) is 6.54. The zero-order valence-corrected chi connectivity index (χ0v) is 14.5. The first-order valence-corrected chi connectivity index (χ1v) is 8.63. The predicted octanol–water partition coefficient (Wildman–Crippen LogP) is 4.03. The van der Waals surface area contributed by atoms with Crippen molar-refractivity contribution in [2.45, 2.75) is 44.3 Å². The van der Waals surface area contributed by atoms with Crippen LogP contribution in [0.15, 0.2) is 18.2 Å². The second-order valence-electron chi connectivity index (χ2n) is 7.36. The summed E-state index contributed by atoms with van der Waals surface area (Å²) in [5.74, 6) is 1.41. The predicted molar refractivity (Wildman–Crippen MR) is 89.6 cm³/mol. The first kappa shape index (κ1) is 16.2. The Morgan fingerprint density at radius 3 is 2.23 bits per heavy atom. The minimum Gasteiger partial charge on any atom is -0.306 e. The maximum absolute atomic E-state index is 13.6. The maximum atomic E-state index is 13.6. The van der Waals surface area contributed by atoms with Gasteiger partial charge in [0.05, 0.1) is 5.02 Å². The van der Waals surface area contributed by atoms with Gasteiger partial charge in [0.1, 0.15) is 5.82 Å². The van der Waals surface area contributed by atoms with Crippen LogP contribution < -0.4 is 0 Å². The van der Waals surface area contributed by atoms with E-state index in [0.717, 1.165) is 30.0 Å². The minimum atomic E-state index is -0.315. The summed E-state index contributed by atoms with van der Waals surface area (Å²) < 4.78 is 13.6. The third kappa shape index (κ3) is 3.17. The molecule has 2 saturated carbocycles. The van der Waals surface area contributed by atoms with Crippen LogP contribution in [-0.2, 0) is 6.54 Å². The molecule has 2 fully saturated rings. The number of halogens is 2. The van der Waals surface area contributed by atoms with Crippen molar-refractivity contribution in [3.63, 3.8) is 0 Å². The van der Waals surface area contributed by atoms with Crippen LogP contribution in [0.4, 0.5) is 4.39 Å². The third-order valence-corrected chi connectivity index (χ3v) is 6.19. The standard InChI is InChI=1S/C18H26ClFN2/c1-21(2)15-7-13-9-16(10-14(13)8-15)22(3)11-12-5-4-6-17(20)18(12)19/h4-6,13-16H,7-11H2,1-3H3/t13-,14+,15?,16?. The molecule has 1 aromatic rings. The molecule has 2 unspecified atom stereocenters. The molecular formula is C18H26ClFN2. The smallest absolute Gasteiger partial charge is 0.142 e. The van der Waals surface area contributed by atoms with Crippen molar-refractivity contribution in [1.82, 2.24) is 9.80 Å². The lowest BCUT2D eigenvalue weighted by Crippen LogP contribution is -2.31. The van der Waals surface area contributed by atoms with Crippen LogP contribution in [0.3, 0.4) is 0 Å². The highest BCUT2D eigenvalue weighted by atomic mass is 35.5. The van der Waals surface area contributed by atoms with E-state index in [0.29, 0.717) is 6.04 Å². The van der Waals surface area contributed by atoms with Gasteiger partial charge in [-0.3, -0.25) is 4.90 Å². The van der Waals surface area contributed by atoms with E-state index >= 15 is 0 Å². The van der Waals surface area contributed by atoms with Gasteiger partial charge in [0.15, 0.2) is 0 Å². The van der Waals surface area contributed by atoms with Gasteiger partial charge < -0.3 is 4.90 Å². The van der Waals surface area contributed by atoms with E-state index in [9.17, 15) is 4.39 Å². The van der Waals surface area contributed by atoms with Gasteiger partial charge in [-0.2, -0.15) is 0 Å². The van der Waals surface area contributed by atoms with Crippen molar-refractivity contribution in [3.05, 3.63) is 34.6 Å². The van der Waals surface area contributed by atoms with Gasteiger partial charge in [0.25, 0.3) is 0 Å². The molecule has 0 spiro atoms. The Kier molecular flexibility index (Phi) is 4.77. The SMILES string of the molecule is CN(C)C1C[C@@H]2CC(N(C)Cc3cccc(F)c3Cl)C[C@@H]2C1.